The van der Waals surface area contributed by atoms with Gasteiger partial charge >= 0.3 is 12.0 Å². The van der Waals surface area contributed by atoms with Crippen LogP contribution >= 0.6 is 0 Å². The summed E-state index contributed by atoms with van der Waals surface area (Å²) in [6.45, 7) is 8.42. The molecule has 0 N–H and O–H groups in total. The van der Waals surface area contributed by atoms with Gasteiger partial charge in [-0.05, 0) is 20.8 Å². The van der Waals surface area contributed by atoms with Gasteiger partial charge in [0.05, 0.1) is 6.54 Å². The Kier molecular flexibility index (Phi) is 5.21. The van der Waals surface area contributed by atoms with Crippen molar-refractivity contribution >= 4 is 18.2 Å². The Morgan fingerprint density at radius 3 is 2.50 bits per heavy atom. The fourth-order valence-corrected chi connectivity index (χ4v) is 0.592. The van der Waals surface area contributed by atoms with Crippen LogP contribution < -0.4 is 0 Å². The number of hydrogen-bond donors (Lipinski definition) is 0. The molecule has 0 radical (unpaired) electrons. The van der Waals surface area contributed by atoms with E-state index in [0.29, 0.717) is 0 Å². The molecule has 0 rings (SSSR count). The van der Waals surface area contributed by atoms with Gasteiger partial charge < -0.3 is 4.84 Å². The van der Waals surface area contributed by atoms with Crippen molar-refractivity contribution in [1.29, 1.82) is 0 Å². The molecule has 0 bridgehead atoms. The average Bonchev–Trinajstić information content (AvgIpc) is 2.13. The van der Waals surface area contributed by atoms with Crippen molar-refractivity contribution < 1.29 is 14.4 Å². The van der Waals surface area contributed by atoms with Crippen LogP contribution in [0, 0.1) is 0 Å². The van der Waals surface area contributed by atoms with Gasteiger partial charge in [0, 0.05) is 11.8 Å². The molecule has 0 aromatic rings. The number of urea groups is 1. The molecule has 2 amide bonds. The summed E-state index contributed by atoms with van der Waals surface area (Å²) in [5.41, 5.74) is 0.233. The Balaban J connectivity index is 4.36. The van der Waals surface area contributed by atoms with Crippen molar-refractivity contribution in [2.24, 2.45) is 4.99 Å². The second kappa shape index (κ2) is 5.90. The molecule has 0 saturated heterocycles. The third kappa shape index (κ3) is 3.84. The van der Waals surface area contributed by atoms with Crippen LogP contribution in [0.25, 0.3) is 0 Å². The zero-order chi connectivity index (χ0) is 11.1. The smallest absolute Gasteiger partial charge is 0.332 e. The number of rotatable bonds is 2. The highest BCUT2D eigenvalue weighted by Gasteiger charge is 2.15. The van der Waals surface area contributed by atoms with Gasteiger partial charge in [0.2, 0.25) is 0 Å². The molecule has 0 saturated carbocycles. The topological polar surface area (TPSA) is 59.0 Å². The van der Waals surface area contributed by atoms with E-state index in [0.717, 1.165) is 5.06 Å². The lowest BCUT2D eigenvalue weighted by atomic mass is 10.4. The molecule has 0 spiro atoms. The molecule has 5 heteroatoms. The molecule has 5 nitrogen and oxygen atoms in total. The van der Waals surface area contributed by atoms with Crippen molar-refractivity contribution in [3.8, 4) is 0 Å². The van der Waals surface area contributed by atoms with Gasteiger partial charge in [-0.25, -0.2) is 14.6 Å². The van der Waals surface area contributed by atoms with E-state index in [2.05, 4.69) is 11.6 Å². The van der Waals surface area contributed by atoms with Gasteiger partial charge in [-0.1, -0.05) is 6.58 Å². The Bertz CT molecular complexity index is 271. The molecule has 0 aliphatic carbocycles. The van der Waals surface area contributed by atoms with Crippen molar-refractivity contribution in [3.05, 3.63) is 12.2 Å². The number of aliphatic imine (C=N–C) groups is 1. The lowest BCUT2D eigenvalue weighted by Gasteiger charge is -2.16. The highest BCUT2D eigenvalue weighted by atomic mass is 16.7. The molecule has 0 heterocycles. The van der Waals surface area contributed by atoms with Gasteiger partial charge in [-0.3, -0.25) is 0 Å². The van der Waals surface area contributed by atoms with Crippen LogP contribution in [0.15, 0.2) is 17.1 Å². The molecule has 0 aliphatic rings. The number of nitrogens with zero attached hydrogens (tertiary/aromatic N) is 2. The maximum absolute atomic E-state index is 11.2. The zero-order valence-corrected chi connectivity index (χ0v) is 8.61. The minimum Gasteiger partial charge on any atom is -0.332 e. The quantitative estimate of drug-likeness (QED) is 0.384. The summed E-state index contributed by atoms with van der Waals surface area (Å²) in [6.07, 6.45) is 1.33. The second-order valence-electron chi connectivity index (χ2n) is 2.52. The SMILES string of the molecule is C=C(C)C(=O)ON(CC)C(=O)N=CC. The van der Waals surface area contributed by atoms with E-state index in [1.54, 1.807) is 13.8 Å². The lowest BCUT2D eigenvalue weighted by molar-refractivity contribution is -0.170. The molecule has 0 aliphatic heterocycles. The maximum Gasteiger partial charge on any atom is 0.376 e. The number of carbonyl (C=O) groups is 2. The first-order chi connectivity index (χ1) is 6.52. The molecule has 0 aromatic carbocycles. The first kappa shape index (κ1) is 12.3. The van der Waals surface area contributed by atoms with Crippen LogP contribution in [-0.2, 0) is 9.63 Å². The number of carbonyl (C=O) groups excluding carboxylic acids is 2. The molecule has 14 heavy (non-hydrogen) atoms. The zero-order valence-electron chi connectivity index (χ0n) is 8.61. The first-order valence-electron chi connectivity index (χ1n) is 4.20. The summed E-state index contributed by atoms with van der Waals surface area (Å²) in [4.78, 5) is 30.4. The molecule has 0 fully saturated rings. The summed E-state index contributed by atoms with van der Waals surface area (Å²) in [6, 6.07) is -0.607. The summed E-state index contributed by atoms with van der Waals surface area (Å²) in [5.74, 6) is -0.633. The first-order valence-corrected chi connectivity index (χ1v) is 4.20. The van der Waals surface area contributed by atoms with Crippen molar-refractivity contribution in [2.75, 3.05) is 6.54 Å². The van der Waals surface area contributed by atoms with Crippen LogP contribution in [0.4, 0.5) is 4.79 Å². The molecule has 0 atom stereocenters. The molecule has 78 valence electrons. The van der Waals surface area contributed by atoms with Crippen molar-refractivity contribution in [2.45, 2.75) is 20.8 Å². The van der Waals surface area contributed by atoms with Gasteiger partial charge in [-0.2, -0.15) is 5.06 Å². The Labute approximate surface area is 83.0 Å². The van der Waals surface area contributed by atoms with E-state index in [9.17, 15) is 9.59 Å². The summed E-state index contributed by atoms with van der Waals surface area (Å²) in [7, 11) is 0. The monoisotopic (exact) mass is 198 g/mol. The minimum atomic E-state index is -0.633. The van der Waals surface area contributed by atoms with E-state index >= 15 is 0 Å². The average molecular weight is 198 g/mol. The van der Waals surface area contributed by atoms with Crippen LogP contribution in [0.3, 0.4) is 0 Å². The Morgan fingerprint density at radius 1 is 1.57 bits per heavy atom. The highest BCUT2D eigenvalue weighted by Crippen LogP contribution is 1.99. The lowest BCUT2D eigenvalue weighted by Crippen LogP contribution is -2.31. The van der Waals surface area contributed by atoms with Gasteiger partial charge in [-0.15, -0.1) is 0 Å². The second-order valence-corrected chi connectivity index (χ2v) is 2.52. The third-order valence-corrected chi connectivity index (χ3v) is 1.28. The largest absolute Gasteiger partial charge is 0.376 e. The predicted octanol–water partition coefficient (Wildman–Crippen LogP) is 1.55. The van der Waals surface area contributed by atoms with E-state index in [1.165, 1.54) is 13.1 Å². The van der Waals surface area contributed by atoms with Gasteiger partial charge in [0.15, 0.2) is 0 Å². The van der Waals surface area contributed by atoms with Crippen molar-refractivity contribution in [1.82, 2.24) is 5.06 Å². The molecule has 0 unspecified atom stereocenters. The van der Waals surface area contributed by atoms with Crippen LogP contribution in [0.2, 0.25) is 0 Å². The van der Waals surface area contributed by atoms with Gasteiger partial charge in [0.25, 0.3) is 0 Å². The van der Waals surface area contributed by atoms with E-state index in [1.807, 2.05) is 0 Å². The third-order valence-electron chi connectivity index (χ3n) is 1.28. The Morgan fingerprint density at radius 2 is 2.14 bits per heavy atom. The molecular weight excluding hydrogens is 184 g/mol. The number of hydroxylamine groups is 2. The standard InChI is InChI=1S/C9H14N2O3/c1-5-10-9(13)11(6-2)14-8(12)7(3)4/h5H,3,6H2,1-2,4H3. The fourth-order valence-electron chi connectivity index (χ4n) is 0.592. The summed E-state index contributed by atoms with van der Waals surface area (Å²) >= 11 is 0. The van der Waals surface area contributed by atoms with Crippen LogP contribution in [0.1, 0.15) is 20.8 Å². The fraction of sp³-hybridized carbons (Fsp3) is 0.444. The predicted molar refractivity (Wildman–Crippen MR) is 52.8 cm³/mol. The van der Waals surface area contributed by atoms with Gasteiger partial charge in [0.1, 0.15) is 0 Å². The molecular formula is C9H14N2O3. The highest BCUT2D eigenvalue weighted by molar-refractivity contribution is 5.89. The normalized spacial score (nSPS) is 9.93. The van der Waals surface area contributed by atoms with Crippen LogP contribution in [0.5, 0.6) is 0 Å². The summed E-state index contributed by atoms with van der Waals surface area (Å²) < 4.78 is 0. The van der Waals surface area contributed by atoms with Crippen molar-refractivity contribution in [3.63, 3.8) is 0 Å². The molecule has 0 aromatic heterocycles. The number of hydrogen-bond acceptors (Lipinski definition) is 3. The van der Waals surface area contributed by atoms with E-state index in [4.69, 9.17) is 4.84 Å². The number of amides is 2. The minimum absolute atomic E-state index is 0.233. The summed E-state index contributed by atoms with van der Waals surface area (Å²) in [5, 5.41) is 0.872. The maximum atomic E-state index is 11.2. The van der Waals surface area contributed by atoms with E-state index in [-0.39, 0.29) is 12.1 Å². The van der Waals surface area contributed by atoms with Crippen LogP contribution in [-0.4, -0.2) is 29.8 Å². The van der Waals surface area contributed by atoms with E-state index < -0.39 is 12.0 Å². The Hall–Kier alpha value is -1.65.